The highest BCUT2D eigenvalue weighted by molar-refractivity contribution is 6.99. The van der Waals surface area contributed by atoms with E-state index in [0.717, 1.165) is 138 Å². The molecule has 8 aromatic carbocycles. The van der Waals surface area contributed by atoms with Gasteiger partial charge in [-0.15, -0.1) is 0 Å². The molecule has 1 fully saturated rings. The summed E-state index contributed by atoms with van der Waals surface area (Å²) in [5.41, 5.74) is 22.1. The Morgan fingerprint density at radius 2 is 0.976 bits per heavy atom. The third-order valence-corrected chi connectivity index (χ3v) is 19.7. The van der Waals surface area contributed by atoms with Gasteiger partial charge < -0.3 is 23.5 Å². The number of fused-ring (bicyclic) bond motifs is 11. The Bertz CT molecular complexity index is 4200. The Balaban J connectivity index is 1.20. The lowest BCUT2D eigenvalue weighted by molar-refractivity contribution is 0.194. The van der Waals surface area contributed by atoms with Gasteiger partial charge in [0, 0.05) is 55.8 Å². The molecule has 0 spiro atoms. The molecule has 0 N–H and O–H groups in total. The molecule has 10 aromatic rings. The molecule has 7 heteroatoms. The summed E-state index contributed by atoms with van der Waals surface area (Å²) in [7, 11) is 0. The van der Waals surface area contributed by atoms with Crippen molar-refractivity contribution in [3.63, 3.8) is 0 Å². The van der Waals surface area contributed by atoms with E-state index in [1.807, 2.05) is 6.07 Å². The molecular weight excluding hydrogens is 1020 g/mol. The Morgan fingerprint density at radius 3 is 1.58 bits per heavy atom. The Kier molecular flexibility index (Phi) is 11.6. The van der Waals surface area contributed by atoms with Gasteiger partial charge in [0.05, 0.1) is 22.6 Å². The molecule has 4 aliphatic rings. The third kappa shape index (κ3) is 8.06. The van der Waals surface area contributed by atoms with Crippen molar-refractivity contribution in [2.45, 2.75) is 155 Å². The van der Waals surface area contributed by atoms with E-state index in [-0.39, 0.29) is 38.4 Å². The average molecular weight is 1090 g/mol. The highest BCUT2D eigenvalue weighted by atomic mass is 19.1. The maximum Gasteiger partial charge on any atom is 0.342 e. The molecule has 5 heterocycles. The Labute approximate surface area is 491 Å². The van der Waals surface area contributed by atoms with Crippen molar-refractivity contribution >= 4 is 90.9 Å². The van der Waals surface area contributed by atoms with Gasteiger partial charge in [-0.2, -0.15) is 0 Å². The highest BCUT2D eigenvalue weighted by Gasteiger charge is 2.59. The summed E-state index contributed by atoms with van der Waals surface area (Å²) in [4.78, 5) is 7.75. The summed E-state index contributed by atoms with van der Waals surface area (Å²) in [6.45, 7) is 31.9. The van der Waals surface area contributed by atoms with Crippen LogP contribution in [-0.4, -0.2) is 12.3 Å². The molecular formula is C76H77BFN3O2. The standard InChI is InChI=1S/C76H77BFN3O2/c1-71(2,3)48-27-32-53(33-28-48)79-61-44-54(81-60-35-31-52(78)43-59(60)75(13)37-21-22-38-76(75,81)14)45-62-65(61)77(69-67(79)55-34-29-50(73(7,8)9)42-64(55)83-69)70-68(58-39-49(72(4,5)6)30-36-63(58)82-70)80(62)66-56(46-23-17-15-18-24-46)40-51(74(10,11)12)41-57(66)47-25-19-16-20-26-47/h15-20,23-36,39-45H,21-22,37-38H2,1-14H3. The second kappa shape index (κ2) is 18.1. The van der Waals surface area contributed by atoms with Gasteiger partial charge in [-0.3, -0.25) is 0 Å². The van der Waals surface area contributed by atoms with Gasteiger partial charge in [0.2, 0.25) is 0 Å². The summed E-state index contributed by atoms with van der Waals surface area (Å²) in [6, 6.07) is 60.4. The minimum atomic E-state index is -0.457. The van der Waals surface area contributed by atoms with Crippen LogP contribution in [0.1, 0.15) is 150 Å². The largest absolute Gasteiger partial charge is 0.468 e. The average Bonchev–Trinajstić information content (AvgIpc) is 1.83. The van der Waals surface area contributed by atoms with Gasteiger partial charge >= 0.3 is 6.71 Å². The second-order valence-electron chi connectivity index (χ2n) is 29.1. The molecule has 0 radical (unpaired) electrons. The fraction of sp³-hybridized carbons (Fsp3) is 0.316. The van der Waals surface area contributed by atoms with Gasteiger partial charge in [0.15, 0.2) is 0 Å². The zero-order valence-electron chi connectivity index (χ0n) is 51.0. The molecule has 2 atom stereocenters. The van der Waals surface area contributed by atoms with Crippen LogP contribution < -0.4 is 31.5 Å². The zero-order chi connectivity index (χ0) is 58.1. The van der Waals surface area contributed by atoms with E-state index >= 15 is 4.39 Å². The van der Waals surface area contributed by atoms with Crippen LogP contribution in [0.2, 0.25) is 0 Å². The summed E-state index contributed by atoms with van der Waals surface area (Å²) >= 11 is 0. The highest BCUT2D eigenvalue weighted by Crippen LogP contribution is 2.63. The van der Waals surface area contributed by atoms with E-state index in [0.29, 0.717) is 0 Å². The molecule has 0 saturated heterocycles. The van der Waals surface area contributed by atoms with Gasteiger partial charge in [-0.1, -0.05) is 188 Å². The van der Waals surface area contributed by atoms with Crippen LogP contribution in [0, 0.1) is 5.82 Å². The van der Waals surface area contributed by atoms with Crippen molar-refractivity contribution in [1.29, 1.82) is 0 Å². The van der Waals surface area contributed by atoms with Crippen molar-refractivity contribution in [3.05, 3.63) is 197 Å². The van der Waals surface area contributed by atoms with E-state index in [9.17, 15) is 0 Å². The van der Waals surface area contributed by atoms with Gasteiger partial charge in [0.25, 0.3) is 0 Å². The summed E-state index contributed by atoms with van der Waals surface area (Å²) < 4.78 is 31.3. The first-order valence-corrected chi connectivity index (χ1v) is 30.3. The molecule has 2 unspecified atom stereocenters. The van der Waals surface area contributed by atoms with Crippen LogP contribution in [0.4, 0.5) is 49.9 Å². The SMILES string of the molecule is CC(C)(C)c1ccc(N2c3cc(N4c5ccc(F)cc5C5(C)CCCCC45C)cc4c3B(c3oc5cc(C(C)(C)C)ccc5c32)c2oc3ccc(C(C)(C)C)cc3c2N4c2c(-c3ccccc3)cc(C(C)(C)C)cc2-c2ccccc2)cc1. The van der Waals surface area contributed by atoms with Crippen molar-refractivity contribution in [2.24, 2.45) is 0 Å². The monoisotopic (exact) mass is 1090 g/mol. The fourth-order valence-electron chi connectivity index (χ4n) is 14.7. The maximum atomic E-state index is 16.0. The molecule has 2 aromatic heterocycles. The smallest absolute Gasteiger partial charge is 0.342 e. The number of nitrogens with zero attached hydrogens (tertiary/aromatic N) is 3. The minimum Gasteiger partial charge on any atom is -0.468 e. The second-order valence-corrected chi connectivity index (χ2v) is 29.1. The summed E-state index contributed by atoms with van der Waals surface area (Å²) in [5.74, 6) is -0.192. The molecule has 14 rings (SSSR count). The fourth-order valence-corrected chi connectivity index (χ4v) is 14.7. The molecule has 3 aliphatic heterocycles. The summed E-state index contributed by atoms with van der Waals surface area (Å²) in [5, 5.41) is 2.09. The van der Waals surface area contributed by atoms with Crippen LogP contribution in [0.5, 0.6) is 0 Å². The predicted octanol–water partition coefficient (Wildman–Crippen LogP) is 19.7. The Hall–Kier alpha value is -7.77. The predicted molar refractivity (Wildman–Crippen MR) is 348 cm³/mol. The quantitative estimate of drug-likeness (QED) is 0.161. The first-order chi connectivity index (χ1) is 39.3. The lowest BCUT2D eigenvalue weighted by Crippen LogP contribution is -2.60. The van der Waals surface area contributed by atoms with Crippen molar-refractivity contribution in [1.82, 2.24) is 0 Å². The first kappa shape index (κ1) is 53.3. The third-order valence-electron chi connectivity index (χ3n) is 19.7. The molecule has 0 bridgehead atoms. The van der Waals surface area contributed by atoms with Crippen LogP contribution >= 0.6 is 0 Å². The number of halogens is 1. The van der Waals surface area contributed by atoms with Gasteiger partial charge in [-0.05, 0) is 165 Å². The van der Waals surface area contributed by atoms with Crippen LogP contribution in [-0.2, 0) is 27.1 Å². The van der Waals surface area contributed by atoms with E-state index in [1.165, 1.54) is 22.3 Å². The van der Waals surface area contributed by atoms with Crippen molar-refractivity contribution < 1.29 is 13.2 Å². The first-order valence-electron chi connectivity index (χ1n) is 30.3. The molecule has 5 nitrogen and oxygen atoms in total. The number of rotatable bonds is 5. The molecule has 1 saturated carbocycles. The molecule has 1 aliphatic carbocycles. The number of hydrogen-bond acceptors (Lipinski definition) is 5. The van der Waals surface area contributed by atoms with E-state index in [4.69, 9.17) is 8.83 Å². The van der Waals surface area contributed by atoms with Crippen molar-refractivity contribution in [3.8, 4) is 22.3 Å². The van der Waals surface area contributed by atoms with Crippen molar-refractivity contribution in [2.75, 3.05) is 14.7 Å². The van der Waals surface area contributed by atoms with Crippen LogP contribution in [0.3, 0.4) is 0 Å². The number of furan rings is 2. The normalized spacial score (nSPS) is 18.6. The molecule has 0 amide bonds. The lowest BCUT2D eigenvalue weighted by atomic mass is 9.37. The van der Waals surface area contributed by atoms with E-state index in [1.54, 1.807) is 6.07 Å². The van der Waals surface area contributed by atoms with Gasteiger partial charge in [0.1, 0.15) is 28.3 Å². The Morgan fingerprint density at radius 1 is 0.446 bits per heavy atom. The van der Waals surface area contributed by atoms with E-state index in [2.05, 4.69) is 263 Å². The topological polar surface area (TPSA) is 36.0 Å². The maximum absolute atomic E-state index is 16.0. The summed E-state index contributed by atoms with van der Waals surface area (Å²) in [6.07, 6.45) is 4.10. The molecule has 83 heavy (non-hydrogen) atoms. The zero-order valence-corrected chi connectivity index (χ0v) is 51.0. The van der Waals surface area contributed by atoms with Gasteiger partial charge in [-0.25, -0.2) is 4.39 Å². The number of benzene rings is 8. The van der Waals surface area contributed by atoms with E-state index < -0.39 is 6.71 Å². The number of hydrogen-bond donors (Lipinski definition) is 0. The van der Waals surface area contributed by atoms with Crippen LogP contribution in [0.15, 0.2) is 173 Å². The number of anilines is 8. The molecule has 418 valence electrons. The minimum absolute atomic E-state index is 0.0628. The lowest BCUT2D eigenvalue weighted by Gasteiger charge is -2.51. The van der Waals surface area contributed by atoms with Crippen LogP contribution in [0.25, 0.3) is 44.2 Å².